The van der Waals surface area contributed by atoms with Crippen molar-refractivity contribution in [2.24, 2.45) is 17.1 Å². The van der Waals surface area contributed by atoms with E-state index in [9.17, 15) is 0 Å². The van der Waals surface area contributed by atoms with Crippen LogP contribution in [-0.4, -0.2) is 44.3 Å². The van der Waals surface area contributed by atoms with E-state index in [4.69, 9.17) is 10.5 Å². The van der Waals surface area contributed by atoms with Gasteiger partial charge < -0.3 is 15.4 Å². The molecule has 2 N–H and O–H groups in total. The lowest BCUT2D eigenvalue weighted by Crippen LogP contribution is -2.42. The van der Waals surface area contributed by atoms with Crippen molar-refractivity contribution in [2.75, 3.05) is 39.4 Å². The van der Waals surface area contributed by atoms with Gasteiger partial charge in [0.15, 0.2) is 0 Å². The van der Waals surface area contributed by atoms with E-state index in [0.29, 0.717) is 0 Å². The maximum Gasteiger partial charge on any atom is 0.0506 e. The lowest BCUT2D eigenvalue weighted by molar-refractivity contribution is 0.0338. The maximum absolute atomic E-state index is 5.79. The molecule has 1 aliphatic rings. The number of nitrogens with zero attached hydrogens (tertiary/aromatic N) is 1. The van der Waals surface area contributed by atoms with Crippen LogP contribution in [0.4, 0.5) is 0 Å². The SMILES string of the molecule is CCN(CC1CCCOC1)CC(C)(C)CN. The molecule has 1 fully saturated rings. The third kappa shape index (κ3) is 4.81. The van der Waals surface area contributed by atoms with Crippen molar-refractivity contribution in [1.29, 1.82) is 0 Å². The fraction of sp³-hybridized carbons (Fsp3) is 1.00. The van der Waals surface area contributed by atoms with Gasteiger partial charge in [-0.3, -0.25) is 0 Å². The Bertz CT molecular complexity index is 188. The number of ether oxygens (including phenoxy) is 1. The smallest absolute Gasteiger partial charge is 0.0506 e. The molecule has 1 saturated heterocycles. The van der Waals surface area contributed by atoms with Crippen LogP contribution in [0.2, 0.25) is 0 Å². The van der Waals surface area contributed by atoms with Crippen molar-refractivity contribution in [2.45, 2.75) is 33.6 Å². The molecule has 1 heterocycles. The highest BCUT2D eigenvalue weighted by Gasteiger charge is 2.22. The summed E-state index contributed by atoms with van der Waals surface area (Å²) in [6, 6.07) is 0. The number of nitrogens with two attached hydrogens (primary N) is 1. The van der Waals surface area contributed by atoms with Crippen molar-refractivity contribution >= 4 is 0 Å². The molecule has 0 aromatic rings. The van der Waals surface area contributed by atoms with Crippen LogP contribution < -0.4 is 5.73 Å². The molecule has 0 amide bonds. The summed E-state index contributed by atoms with van der Waals surface area (Å²) in [5.41, 5.74) is 6.02. The van der Waals surface area contributed by atoms with Gasteiger partial charge in [-0.15, -0.1) is 0 Å². The van der Waals surface area contributed by atoms with Crippen molar-refractivity contribution in [1.82, 2.24) is 4.90 Å². The van der Waals surface area contributed by atoms with E-state index in [-0.39, 0.29) is 5.41 Å². The molecule has 0 aromatic heterocycles. The fourth-order valence-electron chi connectivity index (χ4n) is 2.29. The highest BCUT2D eigenvalue weighted by molar-refractivity contribution is 4.76. The van der Waals surface area contributed by atoms with Crippen LogP contribution in [0.1, 0.15) is 33.6 Å². The Morgan fingerprint density at radius 3 is 2.69 bits per heavy atom. The first-order valence-electron chi connectivity index (χ1n) is 6.57. The first-order valence-corrected chi connectivity index (χ1v) is 6.57. The molecule has 3 heteroatoms. The second-order valence-electron chi connectivity index (χ2n) is 5.78. The summed E-state index contributed by atoms with van der Waals surface area (Å²) in [5, 5.41) is 0. The monoisotopic (exact) mass is 228 g/mol. The van der Waals surface area contributed by atoms with Gasteiger partial charge in [0.1, 0.15) is 0 Å². The highest BCUT2D eigenvalue weighted by atomic mass is 16.5. The Balaban J connectivity index is 2.35. The van der Waals surface area contributed by atoms with Gasteiger partial charge >= 0.3 is 0 Å². The zero-order chi connectivity index (χ0) is 12.0. The quantitative estimate of drug-likeness (QED) is 0.752. The summed E-state index contributed by atoms with van der Waals surface area (Å²) in [6.45, 7) is 12.7. The van der Waals surface area contributed by atoms with Gasteiger partial charge in [0.25, 0.3) is 0 Å². The molecule has 1 rings (SSSR count). The number of hydrogen-bond donors (Lipinski definition) is 1. The summed E-state index contributed by atoms with van der Waals surface area (Å²) >= 11 is 0. The van der Waals surface area contributed by atoms with Crippen LogP contribution in [-0.2, 0) is 4.74 Å². The Labute approximate surface area is 100 Å². The zero-order valence-electron chi connectivity index (χ0n) is 11.2. The molecule has 0 spiro atoms. The number of rotatable bonds is 6. The Morgan fingerprint density at radius 2 is 2.19 bits per heavy atom. The summed E-state index contributed by atoms with van der Waals surface area (Å²) in [4.78, 5) is 2.52. The molecule has 96 valence electrons. The van der Waals surface area contributed by atoms with Crippen LogP contribution in [0.25, 0.3) is 0 Å². The van der Waals surface area contributed by atoms with E-state index in [1.807, 2.05) is 0 Å². The van der Waals surface area contributed by atoms with Gasteiger partial charge in [0.05, 0.1) is 6.61 Å². The van der Waals surface area contributed by atoms with Crippen molar-refractivity contribution in [3.05, 3.63) is 0 Å². The molecular weight excluding hydrogens is 200 g/mol. The molecule has 0 aromatic carbocycles. The van der Waals surface area contributed by atoms with E-state index >= 15 is 0 Å². The van der Waals surface area contributed by atoms with E-state index in [0.717, 1.165) is 38.8 Å². The fourth-order valence-corrected chi connectivity index (χ4v) is 2.29. The topological polar surface area (TPSA) is 38.5 Å². The average molecular weight is 228 g/mol. The minimum absolute atomic E-state index is 0.228. The first kappa shape index (κ1) is 13.9. The standard InChI is InChI=1S/C13H28N2O/c1-4-15(11-13(2,3)10-14)8-12-6-5-7-16-9-12/h12H,4-11,14H2,1-3H3. The third-order valence-corrected chi connectivity index (χ3v) is 3.42. The predicted octanol–water partition coefficient (Wildman–Crippen LogP) is 1.72. The van der Waals surface area contributed by atoms with Crippen LogP contribution in [0.15, 0.2) is 0 Å². The normalized spacial score (nSPS) is 22.7. The Kier molecular flexibility index (Phi) is 5.73. The summed E-state index contributed by atoms with van der Waals surface area (Å²) in [6.07, 6.45) is 2.54. The lowest BCUT2D eigenvalue weighted by Gasteiger charge is -2.34. The lowest BCUT2D eigenvalue weighted by atomic mass is 9.92. The van der Waals surface area contributed by atoms with Gasteiger partial charge in [0, 0.05) is 19.7 Å². The maximum atomic E-state index is 5.79. The average Bonchev–Trinajstić information content (AvgIpc) is 2.29. The van der Waals surface area contributed by atoms with E-state index < -0.39 is 0 Å². The predicted molar refractivity (Wildman–Crippen MR) is 68.5 cm³/mol. The Hall–Kier alpha value is -0.120. The van der Waals surface area contributed by atoms with Gasteiger partial charge in [-0.1, -0.05) is 20.8 Å². The van der Waals surface area contributed by atoms with Crippen molar-refractivity contribution in [3.63, 3.8) is 0 Å². The van der Waals surface area contributed by atoms with Crippen LogP contribution in [0.3, 0.4) is 0 Å². The molecule has 1 unspecified atom stereocenters. The molecule has 1 atom stereocenters. The van der Waals surface area contributed by atoms with Crippen molar-refractivity contribution < 1.29 is 4.74 Å². The molecule has 0 aliphatic carbocycles. The molecule has 1 aliphatic heterocycles. The molecule has 3 nitrogen and oxygen atoms in total. The summed E-state index contributed by atoms with van der Waals surface area (Å²) in [5.74, 6) is 0.724. The first-order chi connectivity index (χ1) is 7.57. The van der Waals surface area contributed by atoms with E-state index in [1.54, 1.807) is 0 Å². The number of hydrogen-bond acceptors (Lipinski definition) is 3. The van der Waals surface area contributed by atoms with E-state index in [2.05, 4.69) is 25.7 Å². The zero-order valence-corrected chi connectivity index (χ0v) is 11.2. The largest absolute Gasteiger partial charge is 0.381 e. The second-order valence-corrected chi connectivity index (χ2v) is 5.78. The van der Waals surface area contributed by atoms with Crippen molar-refractivity contribution in [3.8, 4) is 0 Å². The summed E-state index contributed by atoms with van der Waals surface area (Å²) < 4.78 is 5.53. The minimum Gasteiger partial charge on any atom is -0.381 e. The molecule has 0 radical (unpaired) electrons. The van der Waals surface area contributed by atoms with Gasteiger partial charge in [-0.25, -0.2) is 0 Å². The Morgan fingerprint density at radius 1 is 1.44 bits per heavy atom. The molecular formula is C13H28N2O. The minimum atomic E-state index is 0.228. The second kappa shape index (κ2) is 6.58. The van der Waals surface area contributed by atoms with Crippen LogP contribution >= 0.6 is 0 Å². The van der Waals surface area contributed by atoms with Gasteiger partial charge in [-0.2, -0.15) is 0 Å². The van der Waals surface area contributed by atoms with Gasteiger partial charge in [0.2, 0.25) is 0 Å². The van der Waals surface area contributed by atoms with E-state index in [1.165, 1.54) is 19.4 Å². The molecule has 0 bridgehead atoms. The highest BCUT2D eigenvalue weighted by Crippen LogP contribution is 2.19. The third-order valence-electron chi connectivity index (χ3n) is 3.42. The summed E-state index contributed by atoms with van der Waals surface area (Å²) in [7, 11) is 0. The van der Waals surface area contributed by atoms with Crippen LogP contribution in [0.5, 0.6) is 0 Å². The van der Waals surface area contributed by atoms with Crippen LogP contribution in [0, 0.1) is 11.3 Å². The molecule has 16 heavy (non-hydrogen) atoms. The molecule has 0 saturated carbocycles. The van der Waals surface area contributed by atoms with Gasteiger partial charge in [-0.05, 0) is 37.3 Å².